The number of rotatable bonds is 4. The van der Waals surface area contributed by atoms with Crippen LogP contribution in [-0.2, 0) is 4.79 Å². The highest BCUT2D eigenvalue weighted by Gasteiger charge is 2.40. The Morgan fingerprint density at radius 2 is 2.05 bits per heavy atom. The van der Waals surface area contributed by atoms with E-state index in [1.54, 1.807) is 7.11 Å². The van der Waals surface area contributed by atoms with Crippen molar-refractivity contribution in [1.29, 1.82) is 0 Å². The van der Waals surface area contributed by atoms with Crippen LogP contribution >= 0.6 is 0 Å². The highest BCUT2D eigenvalue weighted by atomic mass is 16.5. The molecule has 0 fully saturated rings. The summed E-state index contributed by atoms with van der Waals surface area (Å²) in [5.74, 6) is 0.729. The molecule has 1 aliphatic heterocycles. The molecule has 2 unspecified atom stereocenters. The van der Waals surface area contributed by atoms with Crippen LogP contribution in [-0.4, -0.2) is 29.6 Å². The van der Waals surface area contributed by atoms with Crippen molar-refractivity contribution in [3.8, 4) is 5.88 Å². The number of ketones is 1. The van der Waals surface area contributed by atoms with E-state index in [9.17, 15) is 4.79 Å². The van der Waals surface area contributed by atoms with E-state index in [-0.39, 0.29) is 17.7 Å². The normalized spacial score (nSPS) is 23.3. The molecule has 0 saturated carbocycles. The molecule has 4 heteroatoms. The Hall–Kier alpha value is -1.97. The zero-order valence-corrected chi connectivity index (χ0v) is 13.6. The Kier molecular flexibility index (Phi) is 3.85. The molecule has 1 aromatic rings. The number of methoxy groups -OCH3 is 1. The molecule has 116 valence electrons. The molecule has 0 saturated heterocycles. The van der Waals surface area contributed by atoms with E-state index in [1.807, 2.05) is 19.1 Å². The van der Waals surface area contributed by atoms with E-state index >= 15 is 0 Å². The molecule has 0 radical (unpaired) electrons. The van der Waals surface area contributed by atoms with Gasteiger partial charge in [0.2, 0.25) is 5.88 Å². The van der Waals surface area contributed by atoms with E-state index in [4.69, 9.17) is 9.73 Å². The fraction of sp³-hybridized carbons (Fsp3) is 0.500. The molecule has 3 rings (SSSR count). The van der Waals surface area contributed by atoms with Gasteiger partial charge in [-0.2, -0.15) is 0 Å². The van der Waals surface area contributed by atoms with Crippen LogP contribution < -0.4 is 4.74 Å². The first-order valence-corrected chi connectivity index (χ1v) is 8.03. The maximum atomic E-state index is 13.0. The van der Waals surface area contributed by atoms with Crippen molar-refractivity contribution in [2.45, 2.75) is 52.0 Å². The van der Waals surface area contributed by atoms with Crippen molar-refractivity contribution >= 4 is 17.1 Å². The van der Waals surface area contributed by atoms with Gasteiger partial charge in [-0.3, -0.25) is 9.79 Å². The minimum atomic E-state index is -0.0917. The molecule has 2 atom stereocenters. The van der Waals surface area contributed by atoms with Gasteiger partial charge >= 0.3 is 0 Å². The summed E-state index contributed by atoms with van der Waals surface area (Å²) in [6.45, 7) is 6.19. The number of aliphatic imine (C=N–C) groups is 1. The average molecular weight is 298 g/mol. The number of carbonyl (C=O) groups is 1. The number of allylic oxidation sites excluding steroid dienone is 1. The standard InChI is InChI=1S/C18H22N2O2/c1-5-7-12-11-8-9-14(22-4)20-17(11)16-13(6-2)19-10(3)15(16)18(12)21/h8-10,12H,5-7H2,1-4H3. The first-order valence-electron chi connectivity index (χ1n) is 8.03. The lowest BCUT2D eigenvalue weighted by Crippen LogP contribution is -2.26. The number of fused-ring (bicyclic) bond motifs is 2. The number of pyridine rings is 1. The lowest BCUT2D eigenvalue weighted by molar-refractivity contribution is -0.117. The predicted molar refractivity (Wildman–Crippen MR) is 87.6 cm³/mol. The largest absolute Gasteiger partial charge is 0.481 e. The van der Waals surface area contributed by atoms with Gasteiger partial charge in [0.1, 0.15) is 0 Å². The Bertz CT molecular complexity index is 688. The second-order valence-electron chi connectivity index (χ2n) is 5.89. The van der Waals surface area contributed by atoms with Crippen LogP contribution in [0.4, 0.5) is 0 Å². The summed E-state index contributed by atoms with van der Waals surface area (Å²) in [6, 6.07) is 3.79. The summed E-state index contributed by atoms with van der Waals surface area (Å²) < 4.78 is 5.29. The van der Waals surface area contributed by atoms with Crippen LogP contribution in [0.3, 0.4) is 0 Å². The Morgan fingerprint density at radius 1 is 1.27 bits per heavy atom. The van der Waals surface area contributed by atoms with Gasteiger partial charge in [0.25, 0.3) is 0 Å². The van der Waals surface area contributed by atoms with E-state index in [0.717, 1.165) is 47.4 Å². The molecule has 1 aliphatic carbocycles. The van der Waals surface area contributed by atoms with Gasteiger partial charge in [-0.15, -0.1) is 0 Å². The van der Waals surface area contributed by atoms with Gasteiger partial charge in [0, 0.05) is 28.8 Å². The number of hydrogen-bond acceptors (Lipinski definition) is 4. The molecule has 4 nitrogen and oxygen atoms in total. The highest BCUT2D eigenvalue weighted by molar-refractivity contribution is 6.33. The summed E-state index contributed by atoms with van der Waals surface area (Å²) in [5.41, 5.74) is 4.73. The van der Waals surface area contributed by atoms with Crippen molar-refractivity contribution in [3.63, 3.8) is 0 Å². The van der Waals surface area contributed by atoms with Gasteiger partial charge in [0.05, 0.1) is 18.8 Å². The molecule has 2 aliphatic rings. The molecule has 0 aromatic carbocycles. The zero-order chi connectivity index (χ0) is 15.9. The van der Waals surface area contributed by atoms with Crippen molar-refractivity contribution in [1.82, 2.24) is 4.98 Å². The van der Waals surface area contributed by atoms with E-state index in [2.05, 4.69) is 18.8 Å². The lowest BCUT2D eigenvalue weighted by Gasteiger charge is -2.26. The van der Waals surface area contributed by atoms with Crippen LogP contribution in [0.1, 0.15) is 57.2 Å². The van der Waals surface area contributed by atoms with Gasteiger partial charge in [0.15, 0.2) is 5.78 Å². The molecule has 1 aromatic heterocycles. The number of carbonyl (C=O) groups excluding carboxylic acids is 1. The lowest BCUT2D eigenvalue weighted by atomic mass is 9.76. The third-order valence-electron chi connectivity index (χ3n) is 4.54. The second kappa shape index (κ2) is 5.67. The molecular formula is C18H22N2O2. The summed E-state index contributed by atoms with van der Waals surface area (Å²) in [7, 11) is 1.62. The maximum Gasteiger partial charge on any atom is 0.213 e. The minimum absolute atomic E-state index is 0.0574. The fourth-order valence-electron chi connectivity index (χ4n) is 3.54. The van der Waals surface area contributed by atoms with E-state index in [0.29, 0.717) is 5.88 Å². The number of nitrogens with zero attached hydrogens (tertiary/aromatic N) is 2. The molecular weight excluding hydrogens is 276 g/mol. The third-order valence-corrected chi connectivity index (χ3v) is 4.54. The molecule has 0 spiro atoms. The van der Waals surface area contributed by atoms with Crippen LogP contribution in [0.2, 0.25) is 0 Å². The summed E-state index contributed by atoms with van der Waals surface area (Å²) >= 11 is 0. The monoisotopic (exact) mass is 298 g/mol. The van der Waals surface area contributed by atoms with Crippen LogP contribution in [0.5, 0.6) is 5.88 Å². The summed E-state index contributed by atoms with van der Waals surface area (Å²) in [6.07, 6.45) is 2.64. The van der Waals surface area contributed by atoms with Gasteiger partial charge in [-0.25, -0.2) is 4.98 Å². The number of Topliss-reactive ketones (excluding diaryl/α,β-unsaturated/α-hetero) is 1. The first-order chi connectivity index (χ1) is 10.6. The van der Waals surface area contributed by atoms with Gasteiger partial charge < -0.3 is 4.74 Å². The molecule has 22 heavy (non-hydrogen) atoms. The molecule has 2 heterocycles. The smallest absolute Gasteiger partial charge is 0.213 e. The van der Waals surface area contributed by atoms with Crippen molar-refractivity contribution in [3.05, 3.63) is 29.0 Å². The van der Waals surface area contributed by atoms with Gasteiger partial charge in [-0.1, -0.05) is 26.3 Å². The molecule has 0 N–H and O–H groups in total. The van der Waals surface area contributed by atoms with Crippen LogP contribution in [0.15, 0.2) is 22.7 Å². The van der Waals surface area contributed by atoms with Crippen molar-refractivity contribution in [2.24, 2.45) is 4.99 Å². The van der Waals surface area contributed by atoms with Gasteiger partial charge in [-0.05, 0) is 25.3 Å². The molecule has 0 amide bonds. The zero-order valence-electron chi connectivity index (χ0n) is 13.6. The highest BCUT2D eigenvalue weighted by Crippen LogP contribution is 2.43. The predicted octanol–water partition coefficient (Wildman–Crippen LogP) is 3.56. The number of ether oxygens (including phenoxy) is 1. The summed E-state index contributed by atoms with van der Waals surface area (Å²) in [4.78, 5) is 22.3. The molecule has 0 bridgehead atoms. The quantitative estimate of drug-likeness (QED) is 0.854. The summed E-state index contributed by atoms with van der Waals surface area (Å²) in [5, 5.41) is 0. The topological polar surface area (TPSA) is 51.5 Å². The Morgan fingerprint density at radius 3 is 2.68 bits per heavy atom. The minimum Gasteiger partial charge on any atom is -0.481 e. The number of aromatic nitrogens is 1. The van der Waals surface area contributed by atoms with Crippen molar-refractivity contribution in [2.75, 3.05) is 7.11 Å². The number of hydrogen-bond donors (Lipinski definition) is 0. The van der Waals surface area contributed by atoms with E-state index in [1.165, 1.54) is 0 Å². The first kappa shape index (κ1) is 14.9. The maximum absolute atomic E-state index is 13.0. The Balaban J connectivity index is 2.24. The van der Waals surface area contributed by atoms with Crippen molar-refractivity contribution < 1.29 is 9.53 Å². The SMILES string of the molecule is CCCC1C(=O)C2=C(C(CC)=NC2C)c2nc(OC)ccc21. The van der Waals surface area contributed by atoms with Crippen LogP contribution in [0.25, 0.3) is 5.57 Å². The second-order valence-corrected chi connectivity index (χ2v) is 5.89. The van der Waals surface area contributed by atoms with E-state index < -0.39 is 0 Å². The third kappa shape index (κ3) is 2.09. The average Bonchev–Trinajstić information content (AvgIpc) is 2.88. The Labute approximate surface area is 131 Å². The fourth-order valence-corrected chi connectivity index (χ4v) is 3.54. The van der Waals surface area contributed by atoms with Crippen LogP contribution in [0, 0.1) is 0 Å².